The number of benzene rings is 2. The maximum atomic E-state index is 3.77. The van der Waals surface area contributed by atoms with Crippen LogP contribution >= 0.6 is 15.9 Å². The molecule has 3 rings (SSSR count). The Balaban J connectivity index is 2.18. The number of hydrogen-bond donors (Lipinski definition) is 1. The first-order valence-corrected chi connectivity index (χ1v) is 7.35. The van der Waals surface area contributed by atoms with Crippen molar-refractivity contribution in [2.24, 2.45) is 0 Å². The highest BCUT2D eigenvalue weighted by atomic mass is 79.9. The molecule has 1 N–H and O–H groups in total. The van der Waals surface area contributed by atoms with E-state index in [2.05, 4.69) is 70.3 Å². The van der Waals surface area contributed by atoms with Gasteiger partial charge in [-0.15, -0.1) is 0 Å². The zero-order chi connectivity index (χ0) is 12.5. The molecular formula is C16H16BrN. The lowest BCUT2D eigenvalue weighted by atomic mass is 10.0. The monoisotopic (exact) mass is 301 g/mol. The average molecular weight is 302 g/mol. The van der Waals surface area contributed by atoms with Crippen molar-refractivity contribution in [1.82, 2.24) is 4.98 Å². The maximum absolute atomic E-state index is 3.77. The van der Waals surface area contributed by atoms with E-state index < -0.39 is 0 Å². The Hall–Kier alpha value is -1.28. The summed E-state index contributed by atoms with van der Waals surface area (Å²) in [5.74, 6) is 0. The normalized spacial score (nSPS) is 13.2. The van der Waals surface area contributed by atoms with Crippen molar-refractivity contribution in [3.05, 3.63) is 48.0 Å². The molecule has 0 aliphatic heterocycles. The van der Waals surface area contributed by atoms with Crippen LogP contribution in [0, 0.1) is 0 Å². The Bertz CT molecular complexity index is 684. The number of alkyl halides is 1. The first kappa shape index (κ1) is 11.8. The third kappa shape index (κ3) is 1.95. The highest BCUT2D eigenvalue weighted by Crippen LogP contribution is 2.32. The van der Waals surface area contributed by atoms with Gasteiger partial charge in [0.25, 0.3) is 0 Å². The van der Waals surface area contributed by atoms with E-state index >= 15 is 0 Å². The lowest BCUT2D eigenvalue weighted by Crippen LogP contribution is -1.88. The van der Waals surface area contributed by atoms with Crippen molar-refractivity contribution >= 4 is 37.7 Å². The number of aromatic amines is 1. The van der Waals surface area contributed by atoms with E-state index in [1.807, 2.05) is 0 Å². The summed E-state index contributed by atoms with van der Waals surface area (Å²) in [4.78, 5) is 3.92. The molecular weight excluding hydrogens is 286 g/mol. The van der Waals surface area contributed by atoms with E-state index in [-0.39, 0.29) is 0 Å². The van der Waals surface area contributed by atoms with Crippen molar-refractivity contribution in [1.29, 1.82) is 0 Å². The van der Waals surface area contributed by atoms with Crippen molar-refractivity contribution in [2.45, 2.75) is 24.6 Å². The quantitative estimate of drug-likeness (QED) is 0.610. The van der Waals surface area contributed by atoms with Crippen LogP contribution in [0.5, 0.6) is 0 Å². The van der Waals surface area contributed by atoms with Crippen LogP contribution in [0.1, 0.15) is 30.2 Å². The Morgan fingerprint density at radius 2 is 1.83 bits per heavy atom. The second-order valence-corrected chi connectivity index (χ2v) is 5.84. The molecule has 92 valence electrons. The molecule has 0 amide bonds. The number of hydrogen-bond acceptors (Lipinski definition) is 0. The van der Waals surface area contributed by atoms with Gasteiger partial charge in [0, 0.05) is 26.6 Å². The van der Waals surface area contributed by atoms with Gasteiger partial charge in [0.15, 0.2) is 0 Å². The van der Waals surface area contributed by atoms with Gasteiger partial charge in [-0.1, -0.05) is 53.5 Å². The summed E-state index contributed by atoms with van der Waals surface area (Å²) < 4.78 is 0. The van der Waals surface area contributed by atoms with Crippen LogP contribution < -0.4 is 0 Å². The number of rotatable bonds is 3. The highest BCUT2D eigenvalue weighted by Gasteiger charge is 2.09. The summed E-state index contributed by atoms with van der Waals surface area (Å²) in [6.07, 6.45) is 2.37. The fourth-order valence-electron chi connectivity index (χ4n) is 2.48. The lowest BCUT2D eigenvalue weighted by Gasteiger charge is -2.08. The van der Waals surface area contributed by atoms with E-state index in [1.54, 1.807) is 0 Å². The molecule has 3 aromatic rings. The first-order chi connectivity index (χ1) is 8.79. The largest absolute Gasteiger partial charge is 0.355 e. The number of nitrogens with one attached hydrogen (secondary N) is 1. The number of H-pyrrole nitrogens is 1. The Labute approximate surface area is 115 Å². The summed E-state index contributed by atoms with van der Waals surface area (Å²) >= 11 is 3.77. The molecule has 1 unspecified atom stereocenters. The minimum Gasteiger partial charge on any atom is -0.355 e. The van der Waals surface area contributed by atoms with Gasteiger partial charge >= 0.3 is 0 Å². The maximum Gasteiger partial charge on any atom is 0.0465 e. The topological polar surface area (TPSA) is 15.8 Å². The second kappa shape index (κ2) is 4.77. The SMILES string of the molecule is CCCC(Br)c1ccc2[nH]c3ccccc3c2c1. The van der Waals surface area contributed by atoms with Gasteiger partial charge in [0.1, 0.15) is 0 Å². The van der Waals surface area contributed by atoms with Crippen molar-refractivity contribution < 1.29 is 0 Å². The van der Waals surface area contributed by atoms with Gasteiger partial charge in [-0.05, 0) is 30.2 Å². The van der Waals surface area contributed by atoms with Crippen LogP contribution in [-0.4, -0.2) is 4.98 Å². The molecule has 0 fully saturated rings. The summed E-state index contributed by atoms with van der Waals surface area (Å²) in [6.45, 7) is 2.22. The predicted molar refractivity (Wildman–Crippen MR) is 82.4 cm³/mol. The van der Waals surface area contributed by atoms with E-state index in [1.165, 1.54) is 40.2 Å². The van der Waals surface area contributed by atoms with Crippen LogP contribution in [0.2, 0.25) is 0 Å². The molecule has 0 aliphatic carbocycles. The number of para-hydroxylation sites is 1. The smallest absolute Gasteiger partial charge is 0.0465 e. The number of aromatic nitrogens is 1. The Kier molecular flexibility index (Phi) is 3.13. The summed E-state index contributed by atoms with van der Waals surface area (Å²) in [7, 11) is 0. The minimum absolute atomic E-state index is 0.459. The first-order valence-electron chi connectivity index (χ1n) is 6.44. The van der Waals surface area contributed by atoms with E-state index in [9.17, 15) is 0 Å². The van der Waals surface area contributed by atoms with Crippen molar-refractivity contribution in [3.63, 3.8) is 0 Å². The summed E-state index contributed by atoms with van der Waals surface area (Å²) in [5.41, 5.74) is 3.80. The third-order valence-electron chi connectivity index (χ3n) is 3.43. The van der Waals surface area contributed by atoms with E-state index in [4.69, 9.17) is 0 Å². The molecule has 1 nitrogen and oxygen atoms in total. The molecule has 1 atom stereocenters. The molecule has 0 saturated carbocycles. The zero-order valence-electron chi connectivity index (χ0n) is 10.4. The molecule has 0 saturated heterocycles. The second-order valence-electron chi connectivity index (χ2n) is 4.73. The van der Waals surface area contributed by atoms with Crippen molar-refractivity contribution in [3.8, 4) is 0 Å². The van der Waals surface area contributed by atoms with Crippen LogP contribution in [0.15, 0.2) is 42.5 Å². The van der Waals surface area contributed by atoms with E-state index in [0.717, 1.165) is 0 Å². The van der Waals surface area contributed by atoms with Crippen molar-refractivity contribution in [2.75, 3.05) is 0 Å². The molecule has 18 heavy (non-hydrogen) atoms. The predicted octanol–water partition coefficient (Wildman–Crippen LogP) is 5.56. The highest BCUT2D eigenvalue weighted by molar-refractivity contribution is 9.09. The average Bonchev–Trinajstić information content (AvgIpc) is 2.76. The minimum atomic E-state index is 0.459. The molecule has 0 spiro atoms. The standard InChI is InChI=1S/C16H16BrN/c1-2-5-14(17)11-8-9-16-13(10-11)12-6-3-4-7-15(12)18-16/h3-4,6-10,14,18H,2,5H2,1H3. The Morgan fingerprint density at radius 1 is 1.06 bits per heavy atom. The summed E-state index contributed by atoms with van der Waals surface area (Å²) in [6, 6.07) is 15.2. The van der Waals surface area contributed by atoms with Gasteiger partial charge in [-0.3, -0.25) is 0 Å². The van der Waals surface area contributed by atoms with Crippen LogP contribution in [0.25, 0.3) is 21.8 Å². The Morgan fingerprint density at radius 3 is 2.67 bits per heavy atom. The van der Waals surface area contributed by atoms with Gasteiger partial charge in [-0.25, -0.2) is 0 Å². The van der Waals surface area contributed by atoms with Gasteiger partial charge in [0.2, 0.25) is 0 Å². The molecule has 2 aromatic carbocycles. The fraction of sp³-hybridized carbons (Fsp3) is 0.250. The molecule has 0 aliphatic rings. The fourth-order valence-corrected chi connectivity index (χ4v) is 3.22. The number of fused-ring (bicyclic) bond motifs is 3. The summed E-state index contributed by atoms with van der Waals surface area (Å²) in [5, 5.41) is 2.63. The molecule has 2 heteroatoms. The van der Waals surface area contributed by atoms with Gasteiger partial charge < -0.3 is 4.98 Å². The van der Waals surface area contributed by atoms with E-state index in [0.29, 0.717) is 4.83 Å². The lowest BCUT2D eigenvalue weighted by molar-refractivity contribution is 0.789. The van der Waals surface area contributed by atoms with Gasteiger partial charge in [0.05, 0.1) is 0 Å². The van der Waals surface area contributed by atoms with Gasteiger partial charge in [-0.2, -0.15) is 0 Å². The van der Waals surface area contributed by atoms with Crippen LogP contribution in [0.3, 0.4) is 0 Å². The third-order valence-corrected chi connectivity index (χ3v) is 4.42. The molecule has 0 radical (unpaired) electrons. The zero-order valence-corrected chi connectivity index (χ0v) is 12.0. The van der Waals surface area contributed by atoms with Crippen LogP contribution in [-0.2, 0) is 0 Å². The van der Waals surface area contributed by atoms with Crippen LogP contribution in [0.4, 0.5) is 0 Å². The molecule has 0 bridgehead atoms. The molecule has 1 aromatic heterocycles. The molecule has 1 heterocycles. The number of halogens is 1.